The largest absolute Gasteiger partial charge is 0.389 e. The van der Waals surface area contributed by atoms with E-state index in [0.29, 0.717) is 17.3 Å². The van der Waals surface area contributed by atoms with Crippen molar-refractivity contribution in [1.29, 1.82) is 0 Å². The van der Waals surface area contributed by atoms with Gasteiger partial charge in [-0.2, -0.15) is 0 Å². The molecule has 0 spiro atoms. The molecule has 0 saturated carbocycles. The Labute approximate surface area is 110 Å². The molecule has 2 aromatic rings. The van der Waals surface area contributed by atoms with Gasteiger partial charge in [0.25, 0.3) is 5.69 Å². The Morgan fingerprint density at radius 3 is 2.74 bits per heavy atom. The highest BCUT2D eigenvalue weighted by Gasteiger charge is 2.16. The summed E-state index contributed by atoms with van der Waals surface area (Å²) >= 11 is 0. The van der Waals surface area contributed by atoms with Crippen LogP contribution in [0.2, 0.25) is 0 Å². The average molecular weight is 261 g/mol. The van der Waals surface area contributed by atoms with Crippen LogP contribution < -0.4 is 5.32 Å². The maximum atomic E-state index is 11.0. The van der Waals surface area contributed by atoms with E-state index in [2.05, 4.69) is 10.3 Å². The molecule has 6 nitrogen and oxygen atoms in total. The number of nitro groups is 1. The zero-order chi connectivity index (χ0) is 14.0. The molecule has 2 rings (SSSR count). The molecule has 1 heterocycles. The second-order valence-corrected chi connectivity index (χ2v) is 4.98. The van der Waals surface area contributed by atoms with E-state index in [9.17, 15) is 15.2 Å². The molecule has 1 aromatic heterocycles. The standard InChI is InChI=1S/C13H15N3O3/c1-13(2,17)8-15-11-3-4-12(16(18)19)9-5-6-14-7-10(9)11/h3-7,15,17H,8H2,1-2H3. The summed E-state index contributed by atoms with van der Waals surface area (Å²) in [6.07, 6.45) is 3.10. The maximum absolute atomic E-state index is 11.0. The summed E-state index contributed by atoms with van der Waals surface area (Å²) in [5.41, 5.74) is -0.0990. The molecule has 0 aliphatic rings. The SMILES string of the molecule is CC(C)(O)CNc1ccc([N+](=O)[O-])c2ccncc12. The molecule has 6 heteroatoms. The number of nitro benzene ring substituents is 1. The number of aliphatic hydroxyl groups is 1. The molecule has 0 aliphatic heterocycles. The second kappa shape index (κ2) is 4.81. The first-order valence-corrected chi connectivity index (χ1v) is 5.86. The fourth-order valence-electron chi connectivity index (χ4n) is 1.80. The number of hydrogen-bond donors (Lipinski definition) is 2. The van der Waals surface area contributed by atoms with Crippen molar-refractivity contribution in [3.8, 4) is 0 Å². The van der Waals surface area contributed by atoms with Crippen molar-refractivity contribution in [2.45, 2.75) is 19.4 Å². The summed E-state index contributed by atoms with van der Waals surface area (Å²) in [5.74, 6) is 0. The third-order valence-electron chi connectivity index (χ3n) is 2.70. The Morgan fingerprint density at radius 1 is 1.37 bits per heavy atom. The van der Waals surface area contributed by atoms with Gasteiger partial charge >= 0.3 is 0 Å². The van der Waals surface area contributed by atoms with E-state index in [-0.39, 0.29) is 5.69 Å². The molecule has 0 fully saturated rings. The van der Waals surface area contributed by atoms with Gasteiger partial charge in [-0.05, 0) is 26.0 Å². The fraction of sp³-hybridized carbons (Fsp3) is 0.308. The third kappa shape index (κ3) is 2.97. The summed E-state index contributed by atoms with van der Waals surface area (Å²) < 4.78 is 0. The number of benzene rings is 1. The number of pyridine rings is 1. The summed E-state index contributed by atoms with van der Waals surface area (Å²) in [6, 6.07) is 4.70. The Hall–Kier alpha value is -2.21. The van der Waals surface area contributed by atoms with E-state index in [1.807, 2.05) is 0 Å². The number of fused-ring (bicyclic) bond motifs is 1. The van der Waals surface area contributed by atoms with E-state index in [4.69, 9.17) is 0 Å². The molecule has 0 amide bonds. The van der Waals surface area contributed by atoms with Gasteiger partial charge in [-0.1, -0.05) is 0 Å². The summed E-state index contributed by atoms with van der Waals surface area (Å²) in [4.78, 5) is 14.5. The van der Waals surface area contributed by atoms with Gasteiger partial charge in [0.1, 0.15) is 0 Å². The molecule has 0 aliphatic carbocycles. The van der Waals surface area contributed by atoms with Crippen LogP contribution in [0.15, 0.2) is 30.6 Å². The minimum absolute atomic E-state index is 0.0474. The van der Waals surface area contributed by atoms with E-state index in [0.717, 1.165) is 5.69 Å². The van der Waals surface area contributed by atoms with Crippen LogP contribution in [0.25, 0.3) is 10.8 Å². The molecule has 1 aromatic carbocycles. The van der Waals surface area contributed by atoms with Gasteiger partial charge in [-0.15, -0.1) is 0 Å². The van der Waals surface area contributed by atoms with E-state index >= 15 is 0 Å². The molecule has 0 atom stereocenters. The van der Waals surface area contributed by atoms with Crippen LogP contribution >= 0.6 is 0 Å². The Balaban J connectivity index is 2.47. The molecule has 0 bridgehead atoms. The molecular formula is C13H15N3O3. The van der Waals surface area contributed by atoms with Crippen LogP contribution in [0.1, 0.15) is 13.8 Å². The predicted molar refractivity (Wildman–Crippen MR) is 73.2 cm³/mol. The lowest BCUT2D eigenvalue weighted by atomic mass is 10.1. The highest BCUT2D eigenvalue weighted by Crippen LogP contribution is 2.30. The van der Waals surface area contributed by atoms with Crippen molar-refractivity contribution in [1.82, 2.24) is 4.98 Å². The van der Waals surface area contributed by atoms with E-state index in [1.54, 1.807) is 32.2 Å². The third-order valence-corrected chi connectivity index (χ3v) is 2.70. The smallest absolute Gasteiger partial charge is 0.277 e. The van der Waals surface area contributed by atoms with Gasteiger partial charge in [0, 0.05) is 36.1 Å². The van der Waals surface area contributed by atoms with Crippen LogP contribution in [0.3, 0.4) is 0 Å². The quantitative estimate of drug-likeness (QED) is 0.651. The zero-order valence-electron chi connectivity index (χ0n) is 10.8. The van der Waals surface area contributed by atoms with E-state index < -0.39 is 10.5 Å². The van der Waals surface area contributed by atoms with Gasteiger partial charge in [0.2, 0.25) is 0 Å². The number of rotatable bonds is 4. The number of anilines is 1. The normalized spacial score (nSPS) is 11.5. The van der Waals surface area contributed by atoms with Crippen LogP contribution in [0.4, 0.5) is 11.4 Å². The van der Waals surface area contributed by atoms with Gasteiger partial charge in [0.05, 0.1) is 15.9 Å². The molecule has 0 saturated heterocycles. The number of hydrogen-bond acceptors (Lipinski definition) is 5. The number of aromatic nitrogens is 1. The lowest BCUT2D eigenvalue weighted by Gasteiger charge is -2.19. The Morgan fingerprint density at radius 2 is 2.11 bits per heavy atom. The number of nitrogens with zero attached hydrogens (tertiary/aromatic N) is 2. The topological polar surface area (TPSA) is 88.3 Å². The van der Waals surface area contributed by atoms with Crippen LogP contribution in [-0.2, 0) is 0 Å². The van der Waals surface area contributed by atoms with Crippen molar-refractivity contribution in [3.63, 3.8) is 0 Å². The maximum Gasteiger partial charge on any atom is 0.277 e. The number of nitrogens with one attached hydrogen (secondary N) is 1. The number of non-ortho nitro benzene ring substituents is 1. The first-order valence-electron chi connectivity index (χ1n) is 5.86. The van der Waals surface area contributed by atoms with Crippen LogP contribution in [0, 0.1) is 10.1 Å². The molecule has 0 unspecified atom stereocenters. The van der Waals surface area contributed by atoms with Gasteiger partial charge < -0.3 is 10.4 Å². The van der Waals surface area contributed by atoms with Crippen LogP contribution in [0.5, 0.6) is 0 Å². The lowest BCUT2D eigenvalue weighted by molar-refractivity contribution is -0.383. The highest BCUT2D eigenvalue weighted by molar-refractivity contribution is 5.99. The van der Waals surface area contributed by atoms with Crippen molar-refractivity contribution in [2.24, 2.45) is 0 Å². The first-order chi connectivity index (χ1) is 8.88. The Kier molecular flexibility index (Phi) is 3.35. The molecule has 0 radical (unpaired) electrons. The van der Waals surface area contributed by atoms with Crippen molar-refractivity contribution < 1.29 is 10.0 Å². The van der Waals surface area contributed by atoms with E-state index in [1.165, 1.54) is 12.3 Å². The molecule has 2 N–H and O–H groups in total. The minimum atomic E-state index is -0.865. The first kappa shape index (κ1) is 13.2. The fourth-order valence-corrected chi connectivity index (χ4v) is 1.80. The molecular weight excluding hydrogens is 246 g/mol. The molecule has 19 heavy (non-hydrogen) atoms. The lowest BCUT2D eigenvalue weighted by Crippen LogP contribution is -2.29. The van der Waals surface area contributed by atoms with Crippen molar-refractivity contribution in [2.75, 3.05) is 11.9 Å². The minimum Gasteiger partial charge on any atom is -0.389 e. The van der Waals surface area contributed by atoms with Crippen LogP contribution in [-0.4, -0.2) is 27.2 Å². The Bertz CT molecular complexity index is 620. The van der Waals surface area contributed by atoms with Gasteiger partial charge in [-0.3, -0.25) is 15.1 Å². The second-order valence-electron chi connectivity index (χ2n) is 4.98. The summed E-state index contributed by atoms with van der Waals surface area (Å²) in [7, 11) is 0. The van der Waals surface area contributed by atoms with Crippen molar-refractivity contribution in [3.05, 3.63) is 40.7 Å². The summed E-state index contributed by atoms with van der Waals surface area (Å²) in [5, 5.41) is 25.0. The summed E-state index contributed by atoms with van der Waals surface area (Å²) in [6.45, 7) is 3.71. The van der Waals surface area contributed by atoms with Crippen molar-refractivity contribution >= 4 is 22.1 Å². The predicted octanol–water partition coefficient (Wildman–Crippen LogP) is 2.33. The monoisotopic (exact) mass is 261 g/mol. The molecule has 100 valence electrons. The zero-order valence-corrected chi connectivity index (χ0v) is 10.8. The van der Waals surface area contributed by atoms with Gasteiger partial charge in [-0.25, -0.2) is 0 Å². The average Bonchev–Trinajstić information content (AvgIpc) is 2.34. The highest BCUT2D eigenvalue weighted by atomic mass is 16.6. The van der Waals surface area contributed by atoms with Gasteiger partial charge in [0.15, 0.2) is 0 Å².